The van der Waals surface area contributed by atoms with Gasteiger partial charge in [0.1, 0.15) is 5.75 Å². The first-order valence-corrected chi connectivity index (χ1v) is 6.42. The molecule has 1 nitrogen and oxygen atoms in total. The third-order valence-electron chi connectivity index (χ3n) is 3.03. The lowest BCUT2D eigenvalue weighted by Gasteiger charge is -2.17. The number of halogens is 9. The number of hydrogen-bond acceptors (Lipinski definition) is 1. The molecule has 0 unspecified atom stereocenters. The quantitative estimate of drug-likeness (QED) is 0.562. The van der Waals surface area contributed by atoms with Crippen molar-refractivity contribution >= 4 is 0 Å². The minimum Gasteiger partial charge on any atom is -0.406 e. The van der Waals surface area contributed by atoms with Gasteiger partial charge in [0.2, 0.25) is 0 Å². The molecule has 0 heterocycles. The molecule has 2 aromatic carbocycles. The van der Waals surface area contributed by atoms with Gasteiger partial charge in [-0.25, -0.2) is 0 Å². The summed E-state index contributed by atoms with van der Waals surface area (Å²) < 4.78 is 117. The van der Waals surface area contributed by atoms with Crippen LogP contribution in [0, 0.1) is 0 Å². The average molecular weight is 374 g/mol. The molecular weight excluding hydrogens is 367 g/mol. The van der Waals surface area contributed by atoms with Gasteiger partial charge in [0.25, 0.3) is 0 Å². The van der Waals surface area contributed by atoms with Gasteiger partial charge in [0.15, 0.2) is 0 Å². The van der Waals surface area contributed by atoms with E-state index in [1.807, 2.05) is 0 Å². The molecule has 0 radical (unpaired) electrons. The number of rotatable bonds is 2. The summed E-state index contributed by atoms with van der Waals surface area (Å²) in [7, 11) is 0. The SMILES string of the molecule is FC(F)(F)Oc1cccc(-c2ccc(C(F)(F)F)c(C(F)(F)F)c2)c1. The first kappa shape index (κ1) is 18.9. The maximum absolute atomic E-state index is 12.9. The Labute approximate surface area is 134 Å². The Morgan fingerprint density at radius 3 is 1.68 bits per heavy atom. The summed E-state index contributed by atoms with van der Waals surface area (Å²) in [5.41, 5.74) is -4.32. The van der Waals surface area contributed by atoms with Gasteiger partial charge in [-0.1, -0.05) is 18.2 Å². The fourth-order valence-electron chi connectivity index (χ4n) is 2.08. The van der Waals surface area contributed by atoms with Crippen molar-refractivity contribution in [1.29, 1.82) is 0 Å². The molecule has 0 aromatic heterocycles. The predicted molar refractivity (Wildman–Crippen MR) is 68.6 cm³/mol. The average Bonchev–Trinajstić information content (AvgIpc) is 2.43. The van der Waals surface area contributed by atoms with E-state index in [0.29, 0.717) is 0 Å². The predicted octanol–water partition coefficient (Wildman–Crippen LogP) is 6.29. The van der Waals surface area contributed by atoms with E-state index < -0.39 is 35.6 Å². The van der Waals surface area contributed by atoms with Crippen LogP contribution in [0.3, 0.4) is 0 Å². The van der Waals surface area contributed by atoms with E-state index in [1.54, 1.807) is 0 Å². The molecule has 0 saturated carbocycles. The first-order chi connectivity index (χ1) is 11.3. The Morgan fingerprint density at radius 1 is 0.600 bits per heavy atom. The summed E-state index contributed by atoms with van der Waals surface area (Å²) in [6, 6.07) is 5.10. The molecule has 0 aliphatic heterocycles. The van der Waals surface area contributed by atoms with Crippen LogP contribution in [0.1, 0.15) is 11.1 Å². The summed E-state index contributed by atoms with van der Waals surface area (Å²) >= 11 is 0. The van der Waals surface area contributed by atoms with E-state index in [4.69, 9.17) is 0 Å². The van der Waals surface area contributed by atoms with Crippen LogP contribution in [0.5, 0.6) is 5.75 Å². The van der Waals surface area contributed by atoms with Crippen molar-refractivity contribution in [3.63, 3.8) is 0 Å². The fourth-order valence-corrected chi connectivity index (χ4v) is 2.08. The van der Waals surface area contributed by atoms with Crippen molar-refractivity contribution in [3.8, 4) is 16.9 Å². The molecule has 10 heteroatoms. The zero-order valence-corrected chi connectivity index (χ0v) is 11.9. The Morgan fingerprint density at radius 2 is 1.16 bits per heavy atom. The van der Waals surface area contributed by atoms with E-state index in [2.05, 4.69) is 4.74 Å². The fraction of sp³-hybridized carbons (Fsp3) is 0.200. The van der Waals surface area contributed by atoms with Crippen LogP contribution in [0.15, 0.2) is 42.5 Å². The number of alkyl halides is 9. The largest absolute Gasteiger partial charge is 0.573 e. The highest BCUT2D eigenvalue weighted by Crippen LogP contribution is 2.42. The van der Waals surface area contributed by atoms with Gasteiger partial charge >= 0.3 is 18.7 Å². The zero-order valence-electron chi connectivity index (χ0n) is 11.9. The van der Waals surface area contributed by atoms with Crippen LogP contribution in [0.2, 0.25) is 0 Å². The molecule has 0 amide bonds. The topological polar surface area (TPSA) is 9.23 Å². The Bertz CT molecular complexity index is 757. The minimum absolute atomic E-state index is 0.166. The van der Waals surface area contributed by atoms with Gasteiger partial charge in [-0.15, -0.1) is 13.2 Å². The molecular formula is C15H7F9O. The molecule has 136 valence electrons. The van der Waals surface area contributed by atoms with Crippen LogP contribution >= 0.6 is 0 Å². The molecule has 2 aromatic rings. The van der Waals surface area contributed by atoms with Crippen LogP contribution in [-0.2, 0) is 12.4 Å². The molecule has 2 rings (SSSR count). The normalized spacial score (nSPS) is 13.0. The number of hydrogen-bond donors (Lipinski definition) is 0. The lowest BCUT2D eigenvalue weighted by Crippen LogP contribution is -2.17. The summed E-state index contributed by atoms with van der Waals surface area (Å²) in [5.74, 6) is -0.710. The van der Waals surface area contributed by atoms with E-state index >= 15 is 0 Å². The molecule has 0 N–H and O–H groups in total. The Hall–Kier alpha value is -2.39. The van der Waals surface area contributed by atoms with E-state index in [0.717, 1.165) is 30.3 Å². The second-order valence-electron chi connectivity index (χ2n) is 4.83. The van der Waals surface area contributed by atoms with Crippen LogP contribution in [0.4, 0.5) is 39.5 Å². The van der Waals surface area contributed by atoms with Gasteiger partial charge in [-0.3, -0.25) is 0 Å². The molecule has 0 aliphatic carbocycles. The van der Waals surface area contributed by atoms with Crippen molar-refractivity contribution in [2.75, 3.05) is 0 Å². The smallest absolute Gasteiger partial charge is 0.406 e. The van der Waals surface area contributed by atoms with Gasteiger partial charge in [-0.2, -0.15) is 26.3 Å². The second kappa shape index (κ2) is 6.16. The first-order valence-electron chi connectivity index (χ1n) is 6.42. The molecule has 0 saturated heterocycles. The van der Waals surface area contributed by atoms with Crippen molar-refractivity contribution in [3.05, 3.63) is 53.6 Å². The molecule has 25 heavy (non-hydrogen) atoms. The summed E-state index contributed by atoms with van der Waals surface area (Å²) in [6.45, 7) is 0. The van der Waals surface area contributed by atoms with Gasteiger partial charge in [0, 0.05) is 0 Å². The van der Waals surface area contributed by atoms with Gasteiger partial charge in [0.05, 0.1) is 11.1 Å². The van der Waals surface area contributed by atoms with Crippen molar-refractivity contribution < 1.29 is 44.3 Å². The molecule has 0 spiro atoms. The highest BCUT2D eigenvalue weighted by atomic mass is 19.4. The summed E-state index contributed by atoms with van der Waals surface area (Å²) in [5, 5.41) is 0. The third-order valence-corrected chi connectivity index (χ3v) is 3.03. The van der Waals surface area contributed by atoms with E-state index in [9.17, 15) is 39.5 Å². The second-order valence-corrected chi connectivity index (χ2v) is 4.83. The maximum atomic E-state index is 12.9. The van der Waals surface area contributed by atoms with E-state index in [1.165, 1.54) is 0 Å². The molecule has 0 bridgehead atoms. The maximum Gasteiger partial charge on any atom is 0.573 e. The highest BCUT2D eigenvalue weighted by Gasteiger charge is 2.43. The van der Waals surface area contributed by atoms with Crippen LogP contribution < -0.4 is 4.74 Å². The van der Waals surface area contributed by atoms with E-state index in [-0.39, 0.29) is 23.3 Å². The molecule has 0 aliphatic rings. The third kappa shape index (κ3) is 4.80. The highest BCUT2D eigenvalue weighted by molar-refractivity contribution is 5.67. The zero-order chi connectivity index (χ0) is 19.0. The van der Waals surface area contributed by atoms with Gasteiger partial charge < -0.3 is 4.74 Å². The van der Waals surface area contributed by atoms with Crippen LogP contribution in [-0.4, -0.2) is 6.36 Å². The van der Waals surface area contributed by atoms with Crippen LogP contribution in [0.25, 0.3) is 11.1 Å². The lowest BCUT2D eigenvalue weighted by molar-refractivity contribution is -0.274. The number of ether oxygens (including phenoxy) is 1. The van der Waals surface area contributed by atoms with Crippen molar-refractivity contribution in [1.82, 2.24) is 0 Å². The van der Waals surface area contributed by atoms with Gasteiger partial charge in [-0.05, 0) is 35.4 Å². The summed E-state index contributed by atoms with van der Waals surface area (Å²) in [6.07, 6.45) is -15.5. The molecule has 0 atom stereocenters. The minimum atomic E-state index is -5.29. The molecule has 0 fully saturated rings. The lowest BCUT2D eigenvalue weighted by atomic mass is 9.98. The Balaban J connectivity index is 2.53. The monoisotopic (exact) mass is 374 g/mol. The standard InChI is InChI=1S/C15H7F9O/c16-13(17,18)11-5-4-9(7-12(11)14(19,20)21)8-2-1-3-10(6-8)25-15(22,23)24/h1-7H. The summed E-state index contributed by atoms with van der Waals surface area (Å²) in [4.78, 5) is 0. The Kier molecular flexibility index (Phi) is 4.67. The van der Waals surface area contributed by atoms with Crippen molar-refractivity contribution in [2.24, 2.45) is 0 Å². The van der Waals surface area contributed by atoms with Crippen molar-refractivity contribution in [2.45, 2.75) is 18.7 Å². The number of benzene rings is 2.